The van der Waals surface area contributed by atoms with Crippen LogP contribution in [0.3, 0.4) is 0 Å². The van der Waals surface area contributed by atoms with E-state index in [0.717, 1.165) is 10.9 Å². The van der Waals surface area contributed by atoms with Gasteiger partial charge in [0.1, 0.15) is 23.0 Å². The van der Waals surface area contributed by atoms with Gasteiger partial charge in [-0.2, -0.15) is 0 Å². The molecule has 0 unspecified atom stereocenters. The summed E-state index contributed by atoms with van der Waals surface area (Å²) in [5.74, 6) is 0.969. The van der Waals surface area contributed by atoms with Crippen molar-refractivity contribution in [1.29, 1.82) is 0 Å². The van der Waals surface area contributed by atoms with Gasteiger partial charge in [-0.25, -0.2) is 0 Å². The molecule has 0 saturated carbocycles. The number of ether oxygens (including phenoxy) is 1. The Kier molecular flexibility index (Phi) is 3.77. The summed E-state index contributed by atoms with van der Waals surface area (Å²) in [6.45, 7) is 2.08. The Balaban J connectivity index is 2.25. The Bertz CT molecular complexity index is 547. The summed E-state index contributed by atoms with van der Waals surface area (Å²) < 4.78 is 6.55. The minimum absolute atomic E-state index is 0.0331. The monoisotopic (exact) mass is 308 g/mol. The van der Waals surface area contributed by atoms with Crippen molar-refractivity contribution in [3.8, 4) is 23.0 Å². The number of rotatable bonds is 3. The fraction of sp³-hybridized carbons (Fsp3) is 0.143. The summed E-state index contributed by atoms with van der Waals surface area (Å²) >= 11 is 3.47. The predicted octanol–water partition coefficient (Wildman–Crippen LogP) is 4.22. The van der Waals surface area contributed by atoms with E-state index in [1.807, 2.05) is 18.2 Å². The molecule has 0 fully saturated rings. The highest BCUT2D eigenvalue weighted by Crippen LogP contribution is 2.31. The van der Waals surface area contributed by atoms with Crippen LogP contribution in [0.2, 0.25) is 0 Å². The van der Waals surface area contributed by atoms with E-state index in [1.165, 1.54) is 23.8 Å². The molecule has 94 valence electrons. The highest BCUT2D eigenvalue weighted by molar-refractivity contribution is 9.10. The topological polar surface area (TPSA) is 49.7 Å². The average molecular weight is 309 g/mol. The van der Waals surface area contributed by atoms with Gasteiger partial charge in [-0.3, -0.25) is 0 Å². The third-order valence-electron chi connectivity index (χ3n) is 2.52. The standard InChI is InChI=1S/C14H13BrO3/c1-2-9-3-4-12(8-14(9)15)18-13-6-10(16)5-11(17)7-13/h3-8,16-17H,2H2,1H3. The van der Waals surface area contributed by atoms with Crippen molar-refractivity contribution >= 4 is 15.9 Å². The van der Waals surface area contributed by atoms with E-state index in [4.69, 9.17) is 4.74 Å². The Labute approximate surface area is 114 Å². The van der Waals surface area contributed by atoms with Gasteiger partial charge in [0.2, 0.25) is 0 Å². The number of hydrogen-bond donors (Lipinski definition) is 2. The molecule has 0 aliphatic rings. The quantitative estimate of drug-likeness (QED) is 0.892. The van der Waals surface area contributed by atoms with Gasteiger partial charge in [0.15, 0.2) is 0 Å². The molecule has 0 atom stereocenters. The van der Waals surface area contributed by atoms with Gasteiger partial charge in [0.25, 0.3) is 0 Å². The lowest BCUT2D eigenvalue weighted by Gasteiger charge is -2.09. The first-order valence-corrected chi connectivity index (χ1v) is 6.37. The van der Waals surface area contributed by atoms with Crippen LogP contribution in [0.15, 0.2) is 40.9 Å². The summed E-state index contributed by atoms with van der Waals surface area (Å²) in [4.78, 5) is 0. The molecule has 2 rings (SSSR count). The number of halogens is 1. The molecule has 0 amide bonds. The first-order valence-electron chi connectivity index (χ1n) is 5.58. The molecule has 0 aromatic heterocycles. The molecule has 2 N–H and O–H groups in total. The molecule has 4 heteroatoms. The molecular weight excluding hydrogens is 296 g/mol. The Morgan fingerprint density at radius 2 is 1.67 bits per heavy atom. The lowest BCUT2D eigenvalue weighted by molar-refractivity contribution is 0.431. The molecule has 0 spiro atoms. The maximum Gasteiger partial charge on any atom is 0.134 e. The van der Waals surface area contributed by atoms with Crippen LogP contribution in [0.1, 0.15) is 12.5 Å². The number of phenolic OH excluding ortho intramolecular Hbond substituents is 2. The van der Waals surface area contributed by atoms with Crippen LogP contribution < -0.4 is 4.74 Å². The highest BCUT2D eigenvalue weighted by Gasteiger charge is 2.04. The largest absolute Gasteiger partial charge is 0.508 e. The highest BCUT2D eigenvalue weighted by atomic mass is 79.9. The number of aromatic hydroxyl groups is 2. The van der Waals surface area contributed by atoms with E-state index < -0.39 is 0 Å². The van der Waals surface area contributed by atoms with Gasteiger partial charge < -0.3 is 14.9 Å². The summed E-state index contributed by atoms with van der Waals surface area (Å²) in [5.41, 5.74) is 1.20. The minimum Gasteiger partial charge on any atom is -0.508 e. The molecule has 0 aliphatic heterocycles. The molecule has 0 bridgehead atoms. The lowest BCUT2D eigenvalue weighted by atomic mass is 10.2. The summed E-state index contributed by atoms with van der Waals surface area (Å²) in [6.07, 6.45) is 0.938. The second-order valence-electron chi connectivity index (χ2n) is 3.89. The number of benzene rings is 2. The van der Waals surface area contributed by atoms with Gasteiger partial charge in [-0.05, 0) is 24.1 Å². The van der Waals surface area contributed by atoms with Gasteiger partial charge in [0, 0.05) is 22.7 Å². The van der Waals surface area contributed by atoms with Crippen LogP contribution in [0.4, 0.5) is 0 Å². The van der Waals surface area contributed by atoms with Crippen LogP contribution >= 0.6 is 15.9 Å². The zero-order valence-corrected chi connectivity index (χ0v) is 11.4. The third kappa shape index (κ3) is 2.96. The normalized spacial score (nSPS) is 10.3. The van der Waals surface area contributed by atoms with Crippen LogP contribution in [0.25, 0.3) is 0 Å². The van der Waals surface area contributed by atoms with Crippen molar-refractivity contribution in [3.63, 3.8) is 0 Å². The number of phenols is 2. The van der Waals surface area contributed by atoms with Crippen molar-refractivity contribution in [2.24, 2.45) is 0 Å². The van der Waals surface area contributed by atoms with Crippen molar-refractivity contribution in [3.05, 3.63) is 46.4 Å². The van der Waals surface area contributed by atoms with Gasteiger partial charge in [-0.1, -0.05) is 28.9 Å². The fourth-order valence-electron chi connectivity index (χ4n) is 1.64. The van der Waals surface area contributed by atoms with Crippen LogP contribution in [-0.2, 0) is 6.42 Å². The van der Waals surface area contributed by atoms with E-state index in [2.05, 4.69) is 22.9 Å². The fourth-order valence-corrected chi connectivity index (χ4v) is 2.28. The molecule has 18 heavy (non-hydrogen) atoms. The van der Waals surface area contributed by atoms with E-state index in [1.54, 1.807) is 0 Å². The predicted molar refractivity (Wildman–Crippen MR) is 73.4 cm³/mol. The van der Waals surface area contributed by atoms with Gasteiger partial charge in [0.05, 0.1) is 0 Å². The SMILES string of the molecule is CCc1ccc(Oc2cc(O)cc(O)c2)cc1Br. The second kappa shape index (κ2) is 5.31. The maximum atomic E-state index is 9.36. The lowest BCUT2D eigenvalue weighted by Crippen LogP contribution is -1.87. The number of hydrogen-bond acceptors (Lipinski definition) is 3. The van der Waals surface area contributed by atoms with Crippen LogP contribution in [-0.4, -0.2) is 10.2 Å². The van der Waals surface area contributed by atoms with Gasteiger partial charge >= 0.3 is 0 Å². The van der Waals surface area contributed by atoms with Crippen LogP contribution in [0.5, 0.6) is 23.0 Å². The van der Waals surface area contributed by atoms with E-state index >= 15 is 0 Å². The van der Waals surface area contributed by atoms with Crippen molar-refractivity contribution in [1.82, 2.24) is 0 Å². The smallest absolute Gasteiger partial charge is 0.134 e. The van der Waals surface area contributed by atoms with Crippen molar-refractivity contribution < 1.29 is 14.9 Å². The Hall–Kier alpha value is -1.68. The second-order valence-corrected chi connectivity index (χ2v) is 4.75. The van der Waals surface area contributed by atoms with Crippen molar-refractivity contribution in [2.75, 3.05) is 0 Å². The third-order valence-corrected chi connectivity index (χ3v) is 3.26. The summed E-state index contributed by atoms with van der Waals surface area (Å²) in [6, 6.07) is 9.83. The first-order chi connectivity index (χ1) is 8.58. The molecule has 0 heterocycles. The zero-order chi connectivity index (χ0) is 13.1. The summed E-state index contributed by atoms with van der Waals surface area (Å²) in [5, 5.41) is 18.7. The Morgan fingerprint density at radius 1 is 1.00 bits per heavy atom. The molecule has 2 aromatic rings. The van der Waals surface area contributed by atoms with E-state index in [9.17, 15) is 10.2 Å². The molecule has 2 aromatic carbocycles. The number of aryl methyl sites for hydroxylation is 1. The Morgan fingerprint density at radius 3 is 2.22 bits per heavy atom. The minimum atomic E-state index is -0.0331. The molecule has 0 saturated heterocycles. The van der Waals surface area contributed by atoms with E-state index in [0.29, 0.717) is 11.5 Å². The molecular formula is C14H13BrO3. The molecule has 0 radical (unpaired) electrons. The summed E-state index contributed by atoms with van der Waals surface area (Å²) in [7, 11) is 0. The molecule has 3 nitrogen and oxygen atoms in total. The average Bonchev–Trinajstić information content (AvgIpc) is 2.27. The van der Waals surface area contributed by atoms with Crippen LogP contribution in [0, 0.1) is 0 Å². The zero-order valence-electron chi connectivity index (χ0n) is 9.85. The van der Waals surface area contributed by atoms with Crippen molar-refractivity contribution in [2.45, 2.75) is 13.3 Å². The first kappa shape index (κ1) is 12.8. The molecule has 0 aliphatic carbocycles. The maximum absolute atomic E-state index is 9.36. The van der Waals surface area contributed by atoms with Gasteiger partial charge in [-0.15, -0.1) is 0 Å². The van der Waals surface area contributed by atoms with E-state index in [-0.39, 0.29) is 11.5 Å².